The third-order valence-electron chi connectivity index (χ3n) is 2.75. The van der Waals surface area contributed by atoms with E-state index in [2.05, 4.69) is 25.3 Å². The van der Waals surface area contributed by atoms with E-state index in [0.717, 1.165) is 24.9 Å². The van der Waals surface area contributed by atoms with Crippen molar-refractivity contribution in [3.05, 3.63) is 48.6 Å². The second-order valence-corrected chi connectivity index (χ2v) is 3.69. The number of benzene rings is 1. The summed E-state index contributed by atoms with van der Waals surface area (Å²) < 4.78 is 0. The molecule has 0 unspecified atom stereocenters. The summed E-state index contributed by atoms with van der Waals surface area (Å²) in [6.07, 6.45) is 4.20. The highest BCUT2D eigenvalue weighted by molar-refractivity contribution is 6.07. The minimum absolute atomic E-state index is 0.658. The Bertz CT molecular complexity index is 399. The van der Waals surface area contributed by atoms with Crippen molar-refractivity contribution in [3.63, 3.8) is 0 Å². The number of hydrogen-bond acceptors (Lipinski definition) is 2. The lowest BCUT2D eigenvalue weighted by Gasteiger charge is -2.21. The predicted molar refractivity (Wildman–Crippen MR) is 74.2 cm³/mol. The smallest absolute Gasteiger partial charge is 0.150 e. The summed E-state index contributed by atoms with van der Waals surface area (Å²) >= 11 is 0. The Labute approximate surface area is 103 Å². The topological polar surface area (TPSA) is 20.3 Å². The molecule has 0 aliphatic carbocycles. The van der Waals surface area contributed by atoms with E-state index in [-0.39, 0.29) is 0 Å². The molecular weight excluding hydrogens is 210 g/mol. The number of carbonyl (C=O) groups excluding carboxylic acids is 1. The average Bonchev–Trinajstić information content (AvgIpc) is 2.38. The Morgan fingerprint density at radius 2 is 1.82 bits per heavy atom. The van der Waals surface area contributed by atoms with Gasteiger partial charge in [-0.25, -0.2) is 0 Å². The van der Waals surface area contributed by atoms with Crippen LogP contribution in [0.3, 0.4) is 0 Å². The largest absolute Gasteiger partial charge is 0.372 e. The Morgan fingerprint density at radius 1 is 1.24 bits per heavy atom. The Balaban J connectivity index is 2.98. The zero-order chi connectivity index (χ0) is 12.7. The molecule has 2 nitrogen and oxygen atoms in total. The van der Waals surface area contributed by atoms with Crippen molar-refractivity contribution in [1.82, 2.24) is 0 Å². The standard InChI is InChI=1S/C15H19NO/c1-4-7-14(12-17)13-8-10-15(11-9-13)16(5-2)6-3/h4,7-12H,1,5-6H2,2-3H3/b14-7-. The molecule has 0 saturated carbocycles. The van der Waals surface area contributed by atoms with Crippen LogP contribution in [0.25, 0.3) is 5.57 Å². The van der Waals surface area contributed by atoms with E-state index >= 15 is 0 Å². The molecule has 2 heteroatoms. The fraction of sp³-hybridized carbons (Fsp3) is 0.267. The van der Waals surface area contributed by atoms with E-state index in [1.165, 1.54) is 5.69 Å². The van der Waals surface area contributed by atoms with Crippen LogP contribution < -0.4 is 4.90 Å². The molecule has 0 aliphatic rings. The molecule has 1 rings (SSSR count). The van der Waals surface area contributed by atoms with Gasteiger partial charge in [-0.15, -0.1) is 0 Å². The first-order valence-corrected chi connectivity index (χ1v) is 5.90. The van der Waals surface area contributed by atoms with Gasteiger partial charge in [0, 0.05) is 24.4 Å². The first kappa shape index (κ1) is 13.2. The van der Waals surface area contributed by atoms with E-state index < -0.39 is 0 Å². The SMILES string of the molecule is C=C/C=C(/C=O)c1ccc(N(CC)CC)cc1. The summed E-state index contributed by atoms with van der Waals surface area (Å²) in [4.78, 5) is 13.2. The Hall–Kier alpha value is -1.83. The lowest BCUT2D eigenvalue weighted by atomic mass is 10.1. The maximum atomic E-state index is 10.9. The van der Waals surface area contributed by atoms with E-state index in [1.807, 2.05) is 24.3 Å². The number of rotatable bonds is 6. The zero-order valence-corrected chi connectivity index (χ0v) is 10.5. The van der Waals surface area contributed by atoms with Gasteiger partial charge < -0.3 is 4.90 Å². The van der Waals surface area contributed by atoms with Gasteiger partial charge in [0.2, 0.25) is 0 Å². The molecule has 0 atom stereocenters. The molecule has 0 saturated heterocycles. The van der Waals surface area contributed by atoms with Crippen molar-refractivity contribution in [2.45, 2.75) is 13.8 Å². The molecule has 0 radical (unpaired) electrons. The molecule has 17 heavy (non-hydrogen) atoms. The fourth-order valence-corrected chi connectivity index (χ4v) is 1.78. The fourth-order valence-electron chi connectivity index (χ4n) is 1.78. The molecule has 1 aromatic rings. The highest BCUT2D eigenvalue weighted by Crippen LogP contribution is 2.19. The molecule has 0 heterocycles. The summed E-state index contributed by atoms with van der Waals surface area (Å²) in [5.74, 6) is 0. The highest BCUT2D eigenvalue weighted by Gasteiger charge is 2.03. The zero-order valence-electron chi connectivity index (χ0n) is 10.5. The number of allylic oxidation sites excluding steroid dienone is 3. The summed E-state index contributed by atoms with van der Waals surface area (Å²) in [5, 5.41) is 0. The van der Waals surface area contributed by atoms with Gasteiger partial charge >= 0.3 is 0 Å². The van der Waals surface area contributed by atoms with Gasteiger partial charge in [0.15, 0.2) is 6.29 Å². The second kappa shape index (κ2) is 6.69. The molecule has 0 aliphatic heterocycles. The van der Waals surface area contributed by atoms with Crippen molar-refractivity contribution in [2.24, 2.45) is 0 Å². The Kier molecular flexibility index (Phi) is 5.21. The first-order valence-electron chi connectivity index (χ1n) is 5.90. The number of aldehydes is 1. The maximum Gasteiger partial charge on any atom is 0.150 e. The molecule has 0 fully saturated rings. The summed E-state index contributed by atoms with van der Waals surface area (Å²) in [7, 11) is 0. The minimum atomic E-state index is 0.658. The van der Waals surface area contributed by atoms with Crippen molar-refractivity contribution >= 4 is 17.5 Å². The second-order valence-electron chi connectivity index (χ2n) is 3.69. The minimum Gasteiger partial charge on any atom is -0.372 e. The van der Waals surface area contributed by atoms with Crippen LogP contribution in [-0.2, 0) is 4.79 Å². The predicted octanol–water partition coefficient (Wildman–Crippen LogP) is 3.30. The lowest BCUT2D eigenvalue weighted by molar-refractivity contribution is -0.103. The maximum absolute atomic E-state index is 10.9. The van der Waals surface area contributed by atoms with E-state index in [0.29, 0.717) is 5.57 Å². The van der Waals surface area contributed by atoms with Crippen LogP contribution in [-0.4, -0.2) is 19.4 Å². The van der Waals surface area contributed by atoms with Crippen molar-refractivity contribution < 1.29 is 4.79 Å². The van der Waals surface area contributed by atoms with Gasteiger partial charge in [-0.1, -0.05) is 30.9 Å². The molecule has 0 amide bonds. The average molecular weight is 229 g/mol. The third-order valence-corrected chi connectivity index (χ3v) is 2.75. The van der Waals surface area contributed by atoms with Crippen LogP contribution in [0.4, 0.5) is 5.69 Å². The number of hydrogen-bond donors (Lipinski definition) is 0. The highest BCUT2D eigenvalue weighted by atomic mass is 16.1. The quantitative estimate of drug-likeness (QED) is 0.424. The van der Waals surface area contributed by atoms with Gasteiger partial charge in [0.25, 0.3) is 0 Å². The molecule has 90 valence electrons. The van der Waals surface area contributed by atoms with Crippen molar-refractivity contribution in [2.75, 3.05) is 18.0 Å². The lowest BCUT2D eigenvalue weighted by Crippen LogP contribution is -2.21. The van der Waals surface area contributed by atoms with E-state index in [9.17, 15) is 4.79 Å². The van der Waals surface area contributed by atoms with Crippen LogP contribution in [0.15, 0.2) is 43.0 Å². The van der Waals surface area contributed by atoms with Gasteiger partial charge in [-0.05, 0) is 31.5 Å². The van der Waals surface area contributed by atoms with Crippen molar-refractivity contribution in [3.8, 4) is 0 Å². The molecule has 0 spiro atoms. The van der Waals surface area contributed by atoms with Crippen LogP contribution in [0.1, 0.15) is 19.4 Å². The molecule has 0 aromatic heterocycles. The van der Waals surface area contributed by atoms with Gasteiger partial charge in [0.05, 0.1) is 0 Å². The molecule has 0 bridgehead atoms. The van der Waals surface area contributed by atoms with E-state index in [1.54, 1.807) is 12.2 Å². The summed E-state index contributed by atoms with van der Waals surface area (Å²) in [5.41, 5.74) is 2.77. The van der Waals surface area contributed by atoms with Crippen LogP contribution >= 0.6 is 0 Å². The van der Waals surface area contributed by atoms with Gasteiger partial charge in [0.1, 0.15) is 0 Å². The van der Waals surface area contributed by atoms with Crippen LogP contribution in [0, 0.1) is 0 Å². The van der Waals surface area contributed by atoms with Crippen LogP contribution in [0.2, 0.25) is 0 Å². The number of anilines is 1. The monoisotopic (exact) mass is 229 g/mol. The summed E-state index contributed by atoms with van der Waals surface area (Å²) in [6.45, 7) is 9.83. The van der Waals surface area contributed by atoms with Gasteiger partial charge in [-0.2, -0.15) is 0 Å². The molecule has 0 N–H and O–H groups in total. The van der Waals surface area contributed by atoms with Gasteiger partial charge in [-0.3, -0.25) is 4.79 Å². The Morgan fingerprint density at radius 3 is 2.24 bits per heavy atom. The number of nitrogens with zero attached hydrogens (tertiary/aromatic N) is 1. The third kappa shape index (κ3) is 3.31. The molecular formula is C15H19NO. The number of carbonyl (C=O) groups is 1. The van der Waals surface area contributed by atoms with Crippen molar-refractivity contribution in [1.29, 1.82) is 0 Å². The first-order chi connectivity index (χ1) is 8.26. The van der Waals surface area contributed by atoms with E-state index in [4.69, 9.17) is 0 Å². The normalized spacial score (nSPS) is 11.1. The van der Waals surface area contributed by atoms with Crippen LogP contribution in [0.5, 0.6) is 0 Å². The summed E-state index contributed by atoms with van der Waals surface area (Å²) in [6, 6.07) is 8.03. The molecule has 1 aromatic carbocycles.